The van der Waals surface area contributed by atoms with E-state index < -0.39 is 10.0 Å². The first kappa shape index (κ1) is 16.2. The normalized spacial score (nSPS) is 15.4. The van der Waals surface area contributed by atoms with Crippen molar-refractivity contribution in [3.05, 3.63) is 54.1 Å². The van der Waals surface area contributed by atoms with Gasteiger partial charge in [-0.2, -0.15) is 8.42 Å². The summed E-state index contributed by atoms with van der Waals surface area (Å²) in [6.45, 7) is 1.39. The molecule has 24 heavy (non-hydrogen) atoms. The molecule has 0 atom stereocenters. The van der Waals surface area contributed by atoms with Crippen molar-refractivity contribution in [2.75, 3.05) is 17.3 Å². The number of amidine groups is 1. The molecule has 6 nitrogen and oxygen atoms in total. The van der Waals surface area contributed by atoms with Crippen molar-refractivity contribution in [1.29, 1.82) is 0 Å². The molecule has 124 valence electrons. The molecule has 0 bridgehead atoms. The minimum absolute atomic E-state index is 0.0912. The van der Waals surface area contributed by atoms with Gasteiger partial charge in [0, 0.05) is 31.8 Å². The van der Waals surface area contributed by atoms with Gasteiger partial charge in [-0.05, 0) is 35.9 Å². The average Bonchev–Trinajstić information content (AvgIpc) is 2.83. The zero-order chi connectivity index (χ0) is 17.3. The number of carbonyl (C=O) groups excluding carboxylic acids is 1. The highest BCUT2D eigenvalue weighted by Crippen LogP contribution is 2.28. The lowest BCUT2D eigenvalue weighted by Gasteiger charge is -2.13. The second-order valence-corrected chi connectivity index (χ2v) is 7.16. The molecule has 7 heteroatoms. The molecule has 1 aliphatic heterocycles. The Morgan fingerprint density at radius 3 is 2.42 bits per heavy atom. The zero-order valence-electron chi connectivity index (χ0n) is 13.4. The minimum atomic E-state index is -3.81. The Kier molecular flexibility index (Phi) is 4.11. The third kappa shape index (κ3) is 3.16. The Morgan fingerprint density at radius 1 is 1.12 bits per heavy atom. The number of nitrogens with one attached hydrogen (secondary N) is 1. The van der Waals surface area contributed by atoms with Gasteiger partial charge in [0.25, 0.3) is 10.0 Å². The lowest BCUT2D eigenvalue weighted by molar-refractivity contribution is -0.114. The summed E-state index contributed by atoms with van der Waals surface area (Å²) in [7, 11) is -2.00. The number of para-hydroxylation sites is 1. The molecule has 0 aromatic heterocycles. The van der Waals surface area contributed by atoms with Gasteiger partial charge in [-0.25, -0.2) is 0 Å². The van der Waals surface area contributed by atoms with Crippen LogP contribution in [-0.2, 0) is 21.2 Å². The van der Waals surface area contributed by atoms with E-state index in [1.54, 1.807) is 24.1 Å². The monoisotopic (exact) mass is 343 g/mol. The zero-order valence-corrected chi connectivity index (χ0v) is 14.2. The summed E-state index contributed by atoms with van der Waals surface area (Å²) in [5.74, 6) is 0.276. The van der Waals surface area contributed by atoms with Crippen LogP contribution in [0.5, 0.6) is 0 Å². The van der Waals surface area contributed by atoms with Crippen molar-refractivity contribution in [3.8, 4) is 0 Å². The first-order valence-electron chi connectivity index (χ1n) is 7.40. The van der Waals surface area contributed by atoms with E-state index in [0.717, 1.165) is 11.3 Å². The topological polar surface area (TPSA) is 78.8 Å². The predicted molar refractivity (Wildman–Crippen MR) is 93.9 cm³/mol. The summed E-state index contributed by atoms with van der Waals surface area (Å²) in [6.07, 6.45) is 0.482. The average molecular weight is 343 g/mol. The van der Waals surface area contributed by atoms with Crippen LogP contribution in [0.1, 0.15) is 12.5 Å². The molecular weight excluding hydrogens is 326 g/mol. The van der Waals surface area contributed by atoms with Gasteiger partial charge in [0.15, 0.2) is 0 Å². The number of anilines is 2. The first-order chi connectivity index (χ1) is 11.4. The van der Waals surface area contributed by atoms with Crippen LogP contribution in [0.15, 0.2) is 57.8 Å². The van der Waals surface area contributed by atoms with Crippen molar-refractivity contribution in [2.45, 2.75) is 18.2 Å². The first-order valence-corrected chi connectivity index (χ1v) is 8.84. The van der Waals surface area contributed by atoms with Gasteiger partial charge in [-0.1, -0.05) is 18.2 Å². The third-order valence-electron chi connectivity index (χ3n) is 3.79. The van der Waals surface area contributed by atoms with E-state index in [-0.39, 0.29) is 10.8 Å². The fourth-order valence-corrected chi connectivity index (χ4v) is 3.66. The molecule has 1 N–H and O–H groups in total. The highest BCUT2D eigenvalue weighted by atomic mass is 32.2. The van der Waals surface area contributed by atoms with Crippen molar-refractivity contribution in [2.24, 2.45) is 4.40 Å². The van der Waals surface area contributed by atoms with Gasteiger partial charge >= 0.3 is 0 Å². The van der Waals surface area contributed by atoms with Crippen LogP contribution >= 0.6 is 0 Å². The highest BCUT2D eigenvalue weighted by molar-refractivity contribution is 7.90. The molecule has 0 radical (unpaired) electrons. The lowest BCUT2D eigenvalue weighted by atomic mass is 10.2. The Hall–Kier alpha value is -2.67. The quantitative estimate of drug-likeness (QED) is 0.928. The number of sulfonamides is 1. The van der Waals surface area contributed by atoms with E-state index in [9.17, 15) is 13.2 Å². The number of nitrogens with zero attached hydrogens (tertiary/aromatic N) is 2. The molecule has 0 unspecified atom stereocenters. The summed E-state index contributed by atoms with van der Waals surface area (Å²) >= 11 is 0. The van der Waals surface area contributed by atoms with Crippen molar-refractivity contribution in [3.63, 3.8) is 0 Å². The molecule has 0 saturated carbocycles. The lowest BCUT2D eigenvalue weighted by Crippen LogP contribution is -2.23. The largest absolute Gasteiger partial charge is 0.332 e. The summed E-state index contributed by atoms with van der Waals surface area (Å²) in [5, 5.41) is 2.60. The fourth-order valence-electron chi connectivity index (χ4n) is 2.61. The number of hydrogen-bond donors (Lipinski definition) is 1. The Bertz CT molecular complexity index is 918. The SMILES string of the molecule is CC(=O)Nc1ccc(S(=O)(=O)/N=C2\Cc3ccccc3N2C)cc1. The Balaban J connectivity index is 1.88. The maximum absolute atomic E-state index is 12.5. The fraction of sp³-hybridized carbons (Fsp3) is 0.176. The molecule has 3 rings (SSSR count). The molecule has 2 aromatic rings. The molecule has 1 aliphatic rings. The van der Waals surface area contributed by atoms with Crippen molar-refractivity contribution < 1.29 is 13.2 Å². The van der Waals surface area contributed by atoms with E-state index in [1.807, 2.05) is 24.3 Å². The summed E-state index contributed by atoms with van der Waals surface area (Å²) in [5.41, 5.74) is 2.56. The van der Waals surface area contributed by atoms with Gasteiger partial charge in [-0.3, -0.25) is 4.79 Å². The van der Waals surface area contributed by atoms with Crippen LogP contribution in [0.4, 0.5) is 11.4 Å². The van der Waals surface area contributed by atoms with Crippen LogP contribution in [0.3, 0.4) is 0 Å². The molecule has 0 aliphatic carbocycles. The number of likely N-dealkylation sites (N-methyl/N-ethyl adjacent to an activating group) is 1. The number of hydrogen-bond acceptors (Lipinski definition) is 3. The molecule has 0 fully saturated rings. The van der Waals surface area contributed by atoms with E-state index >= 15 is 0 Å². The third-order valence-corrected chi connectivity index (χ3v) is 5.11. The van der Waals surface area contributed by atoms with Crippen molar-refractivity contribution in [1.82, 2.24) is 0 Å². The maximum Gasteiger partial charge on any atom is 0.283 e. The van der Waals surface area contributed by atoms with Gasteiger partial charge < -0.3 is 10.2 Å². The molecule has 0 saturated heterocycles. The Labute approximate surface area is 140 Å². The molecule has 1 heterocycles. The number of rotatable bonds is 3. The summed E-state index contributed by atoms with van der Waals surface area (Å²) in [6, 6.07) is 13.7. The van der Waals surface area contributed by atoms with Crippen LogP contribution in [0, 0.1) is 0 Å². The van der Waals surface area contributed by atoms with E-state index in [4.69, 9.17) is 0 Å². The number of fused-ring (bicyclic) bond motifs is 1. The number of carbonyl (C=O) groups is 1. The smallest absolute Gasteiger partial charge is 0.283 e. The van der Waals surface area contributed by atoms with Gasteiger partial charge in [-0.15, -0.1) is 4.40 Å². The molecular formula is C17H17N3O3S. The van der Waals surface area contributed by atoms with Crippen molar-refractivity contribution >= 4 is 33.1 Å². The van der Waals surface area contributed by atoms with Gasteiger partial charge in [0.1, 0.15) is 5.84 Å². The van der Waals surface area contributed by atoms with E-state index in [0.29, 0.717) is 17.9 Å². The van der Waals surface area contributed by atoms with Crippen LogP contribution in [0.2, 0.25) is 0 Å². The minimum Gasteiger partial charge on any atom is -0.332 e. The molecule has 0 spiro atoms. The second kappa shape index (κ2) is 6.09. The molecule has 1 amide bonds. The highest BCUT2D eigenvalue weighted by Gasteiger charge is 2.24. The molecule has 2 aromatic carbocycles. The van der Waals surface area contributed by atoms with Crippen LogP contribution in [0.25, 0.3) is 0 Å². The van der Waals surface area contributed by atoms with Crippen LogP contribution < -0.4 is 10.2 Å². The van der Waals surface area contributed by atoms with E-state index in [1.165, 1.54) is 19.1 Å². The van der Waals surface area contributed by atoms with E-state index in [2.05, 4.69) is 9.71 Å². The second-order valence-electron chi connectivity index (χ2n) is 5.55. The maximum atomic E-state index is 12.5. The standard InChI is InChI=1S/C17H17N3O3S/c1-12(21)18-14-7-9-15(10-8-14)24(22,23)19-17-11-13-5-3-4-6-16(13)20(17)2/h3-10H,11H2,1-2H3,(H,18,21)/b19-17+. The number of amides is 1. The summed E-state index contributed by atoms with van der Waals surface area (Å²) < 4.78 is 29.0. The predicted octanol–water partition coefficient (Wildman–Crippen LogP) is 2.42. The summed E-state index contributed by atoms with van der Waals surface area (Å²) in [4.78, 5) is 12.9. The number of benzene rings is 2. The van der Waals surface area contributed by atoms with Gasteiger partial charge in [0.2, 0.25) is 5.91 Å². The van der Waals surface area contributed by atoms with Crippen LogP contribution in [-0.4, -0.2) is 27.2 Å². The van der Waals surface area contributed by atoms with Gasteiger partial charge in [0.05, 0.1) is 4.90 Å². The Morgan fingerprint density at radius 2 is 1.79 bits per heavy atom.